The maximum absolute atomic E-state index is 9.10. The summed E-state index contributed by atoms with van der Waals surface area (Å²) in [6.45, 7) is 1.52. The molecule has 0 amide bonds. The minimum Gasteiger partial charge on any atom is -0.389 e. The standard InChI is InChI=1S/C9H10BrNO/c10-7-2-1-3-8(4-7)11-5-9(12)6-11/h1-4,9,12H,5-6H2. The van der Waals surface area contributed by atoms with Gasteiger partial charge in [-0.15, -0.1) is 0 Å². The number of aliphatic hydroxyl groups excluding tert-OH is 1. The lowest BCUT2D eigenvalue weighted by molar-refractivity contribution is 0.142. The molecule has 1 heterocycles. The molecule has 3 heteroatoms. The molecule has 0 bridgehead atoms. The maximum Gasteiger partial charge on any atom is 0.0889 e. The van der Waals surface area contributed by atoms with Gasteiger partial charge in [-0.2, -0.15) is 0 Å². The lowest BCUT2D eigenvalue weighted by Crippen LogP contribution is -2.50. The molecule has 1 aromatic carbocycles. The van der Waals surface area contributed by atoms with Crippen LogP contribution in [-0.2, 0) is 0 Å². The molecule has 0 radical (unpaired) electrons. The third-order valence-electron chi connectivity index (χ3n) is 2.04. The Morgan fingerprint density at radius 3 is 2.75 bits per heavy atom. The summed E-state index contributed by atoms with van der Waals surface area (Å²) < 4.78 is 1.08. The van der Waals surface area contributed by atoms with Crippen LogP contribution in [0.2, 0.25) is 0 Å². The molecule has 2 rings (SSSR count). The summed E-state index contributed by atoms with van der Waals surface area (Å²) in [5, 5.41) is 9.10. The summed E-state index contributed by atoms with van der Waals surface area (Å²) in [4.78, 5) is 2.15. The molecule has 0 aromatic heterocycles. The Hall–Kier alpha value is -0.540. The molecule has 12 heavy (non-hydrogen) atoms. The first kappa shape index (κ1) is 8.08. The fourth-order valence-corrected chi connectivity index (χ4v) is 1.73. The van der Waals surface area contributed by atoms with Crippen LogP contribution in [0.5, 0.6) is 0 Å². The zero-order valence-electron chi connectivity index (χ0n) is 6.57. The van der Waals surface area contributed by atoms with Crippen LogP contribution < -0.4 is 4.90 Å². The first-order chi connectivity index (χ1) is 5.75. The molecule has 0 saturated carbocycles. The Balaban J connectivity index is 2.13. The molecule has 1 aromatic rings. The number of aliphatic hydroxyl groups is 1. The van der Waals surface area contributed by atoms with Gasteiger partial charge in [0, 0.05) is 23.2 Å². The van der Waals surface area contributed by atoms with Crippen molar-refractivity contribution in [3.8, 4) is 0 Å². The minimum atomic E-state index is -0.135. The van der Waals surface area contributed by atoms with Crippen LogP contribution in [0, 0.1) is 0 Å². The molecule has 64 valence electrons. The normalized spacial score (nSPS) is 17.7. The van der Waals surface area contributed by atoms with Crippen molar-refractivity contribution in [2.24, 2.45) is 0 Å². The second kappa shape index (κ2) is 3.07. The monoisotopic (exact) mass is 227 g/mol. The van der Waals surface area contributed by atoms with E-state index in [1.165, 1.54) is 5.69 Å². The van der Waals surface area contributed by atoms with Crippen molar-refractivity contribution in [3.05, 3.63) is 28.7 Å². The molecule has 0 spiro atoms. The van der Waals surface area contributed by atoms with E-state index in [1.54, 1.807) is 0 Å². The third-order valence-corrected chi connectivity index (χ3v) is 2.53. The molecule has 1 fully saturated rings. The predicted octanol–water partition coefficient (Wildman–Crippen LogP) is 1.63. The van der Waals surface area contributed by atoms with Crippen molar-refractivity contribution in [3.63, 3.8) is 0 Å². The third kappa shape index (κ3) is 1.47. The quantitative estimate of drug-likeness (QED) is 0.789. The van der Waals surface area contributed by atoms with Gasteiger partial charge in [0.15, 0.2) is 0 Å². The molecule has 0 atom stereocenters. The summed E-state index contributed by atoms with van der Waals surface area (Å²) in [5.74, 6) is 0. The zero-order chi connectivity index (χ0) is 8.55. The van der Waals surface area contributed by atoms with Crippen LogP contribution in [0.25, 0.3) is 0 Å². The zero-order valence-corrected chi connectivity index (χ0v) is 8.16. The van der Waals surface area contributed by atoms with Crippen LogP contribution in [0.3, 0.4) is 0 Å². The van der Waals surface area contributed by atoms with E-state index in [0.717, 1.165) is 17.6 Å². The second-order valence-corrected chi connectivity index (χ2v) is 3.95. The van der Waals surface area contributed by atoms with Gasteiger partial charge in [0.2, 0.25) is 0 Å². The van der Waals surface area contributed by atoms with Crippen molar-refractivity contribution in [1.82, 2.24) is 0 Å². The Kier molecular flexibility index (Phi) is 2.07. The van der Waals surface area contributed by atoms with Gasteiger partial charge in [0.1, 0.15) is 0 Å². The van der Waals surface area contributed by atoms with E-state index in [2.05, 4.69) is 33.0 Å². The summed E-state index contributed by atoms with van der Waals surface area (Å²) in [5.41, 5.74) is 1.18. The lowest BCUT2D eigenvalue weighted by atomic mass is 10.1. The van der Waals surface area contributed by atoms with E-state index in [4.69, 9.17) is 5.11 Å². The summed E-state index contributed by atoms with van der Waals surface area (Å²) >= 11 is 3.41. The van der Waals surface area contributed by atoms with Gasteiger partial charge in [-0.05, 0) is 18.2 Å². The van der Waals surface area contributed by atoms with Gasteiger partial charge in [0.25, 0.3) is 0 Å². The maximum atomic E-state index is 9.10. The number of halogens is 1. The molecule has 1 aliphatic rings. The number of nitrogens with zero attached hydrogens (tertiary/aromatic N) is 1. The van der Waals surface area contributed by atoms with E-state index >= 15 is 0 Å². The largest absolute Gasteiger partial charge is 0.389 e. The fraction of sp³-hybridized carbons (Fsp3) is 0.333. The molecule has 1 N–H and O–H groups in total. The van der Waals surface area contributed by atoms with Gasteiger partial charge in [-0.25, -0.2) is 0 Å². The Morgan fingerprint density at radius 1 is 1.42 bits per heavy atom. The number of rotatable bonds is 1. The Labute approximate surface area is 79.9 Å². The highest BCUT2D eigenvalue weighted by atomic mass is 79.9. The number of β-amino-alcohol motifs (C(OH)–C–C–N with tert-alkyl or cyclic N) is 1. The van der Waals surface area contributed by atoms with Gasteiger partial charge in [0.05, 0.1) is 6.10 Å². The molecule has 1 aliphatic heterocycles. The van der Waals surface area contributed by atoms with Gasteiger partial charge >= 0.3 is 0 Å². The van der Waals surface area contributed by atoms with Gasteiger partial charge in [-0.3, -0.25) is 0 Å². The highest BCUT2D eigenvalue weighted by Crippen LogP contribution is 2.23. The van der Waals surface area contributed by atoms with E-state index in [0.29, 0.717) is 0 Å². The van der Waals surface area contributed by atoms with Crippen LogP contribution in [0.4, 0.5) is 5.69 Å². The minimum absolute atomic E-state index is 0.135. The number of benzene rings is 1. The fourth-order valence-electron chi connectivity index (χ4n) is 1.34. The molecule has 2 nitrogen and oxygen atoms in total. The smallest absolute Gasteiger partial charge is 0.0889 e. The average Bonchev–Trinajstić information content (AvgIpc) is 1.99. The molecular weight excluding hydrogens is 218 g/mol. The molecular formula is C9H10BrNO. The van der Waals surface area contributed by atoms with Crippen molar-refractivity contribution < 1.29 is 5.11 Å². The van der Waals surface area contributed by atoms with Crippen LogP contribution in [0.1, 0.15) is 0 Å². The summed E-state index contributed by atoms with van der Waals surface area (Å²) in [7, 11) is 0. The van der Waals surface area contributed by atoms with E-state index in [1.807, 2.05) is 12.1 Å². The van der Waals surface area contributed by atoms with Crippen molar-refractivity contribution in [2.45, 2.75) is 6.10 Å². The van der Waals surface area contributed by atoms with Gasteiger partial charge < -0.3 is 10.0 Å². The topological polar surface area (TPSA) is 23.5 Å². The molecule has 0 unspecified atom stereocenters. The van der Waals surface area contributed by atoms with Crippen LogP contribution in [-0.4, -0.2) is 24.3 Å². The van der Waals surface area contributed by atoms with E-state index in [-0.39, 0.29) is 6.10 Å². The highest BCUT2D eigenvalue weighted by Gasteiger charge is 2.24. The highest BCUT2D eigenvalue weighted by molar-refractivity contribution is 9.10. The van der Waals surface area contributed by atoms with Crippen LogP contribution in [0.15, 0.2) is 28.7 Å². The number of hydrogen-bond acceptors (Lipinski definition) is 2. The van der Waals surface area contributed by atoms with Crippen molar-refractivity contribution in [1.29, 1.82) is 0 Å². The average molecular weight is 228 g/mol. The SMILES string of the molecule is OC1CN(c2cccc(Br)c2)C1. The van der Waals surface area contributed by atoms with Gasteiger partial charge in [-0.1, -0.05) is 22.0 Å². The Bertz CT molecular complexity index is 284. The second-order valence-electron chi connectivity index (χ2n) is 3.04. The van der Waals surface area contributed by atoms with E-state index < -0.39 is 0 Å². The first-order valence-electron chi connectivity index (χ1n) is 3.94. The van der Waals surface area contributed by atoms with E-state index in [9.17, 15) is 0 Å². The number of anilines is 1. The van der Waals surface area contributed by atoms with Crippen molar-refractivity contribution >= 4 is 21.6 Å². The Morgan fingerprint density at radius 2 is 2.17 bits per heavy atom. The van der Waals surface area contributed by atoms with Crippen molar-refractivity contribution in [2.75, 3.05) is 18.0 Å². The predicted molar refractivity (Wildman–Crippen MR) is 52.4 cm³/mol. The molecule has 1 saturated heterocycles. The summed E-state index contributed by atoms with van der Waals surface area (Å²) in [6.07, 6.45) is -0.135. The summed E-state index contributed by atoms with van der Waals surface area (Å²) in [6, 6.07) is 8.12. The molecule has 0 aliphatic carbocycles. The lowest BCUT2D eigenvalue weighted by Gasteiger charge is -2.37. The van der Waals surface area contributed by atoms with Crippen LogP contribution >= 0.6 is 15.9 Å². The first-order valence-corrected chi connectivity index (χ1v) is 4.73. The number of hydrogen-bond donors (Lipinski definition) is 1.